The Balaban J connectivity index is 2.27. The van der Waals surface area contributed by atoms with Crippen LogP contribution in [-0.2, 0) is 6.54 Å². The molecule has 2 rings (SSSR count). The molecule has 0 atom stereocenters. The van der Waals surface area contributed by atoms with Gasteiger partial charge in [-0.2, -0.15) is 0 Å². The Morgan fingerprint density at radius 2 is 1.74 bits per heavy atom. The van der Waals surface area contributed by atoms with Crippen LogP contribution in [0.25, 0.3) is 0 Å². The van der Waals surface area contributed by atoms with Gasteiger partial charge in [0.15, 0.2) is 11.5 Å². The zero-order valence-electron chi connectivity index (χ0n) is 13.4. The van der Waals surface area contributed by atoms with E-state index in [1.807, 2.05) is 11.4 Å². The lowest BCUT2D eigenvalue weighted by Gasteiger charge is -2.18. The van der Waals surface area contributed by atoms with Crippen molar-refractivity contribution in [3.8, 4) is 17.2 Å². The molecule has 7 heteroatoms. The second-order valence-corrected chi connectivity index (χ2v) is 6.72. The first kappa shape index (κ1) is 17.6. The minimum Gasteiger partial charge on any atom is -0.493 e. The van der Waals surface area contributed by atoms with E-state index in [-0.39, 0.29) is 5.91 Å². The first-order valence-electron chi connectivity index (χ1n) is 6.78. The third-order valence-electron chi connectivity index (χ3n) is 3.27. The van der Waals surface area contributed by atoms with Crippen LogP contribution in [0, 0.1) is 0 Å². The zero-order valence-corrected chi connectivity index (χ0v) is 15.8. The first-order valence-corrected chi connectivity index (χ1v) is 8.45. The number of nitrogens with zero attached hydrogens (tertiary/aromatic N) is 1. The molecule has 1 heterocycles. The number of methoxy groups -OCH3 is 3. The van der Waals surface area contributed by atoms with Crippen LogP contribution in [0.5, 0.6) is 17.2 Å². The molecule has 0 aliphatic heterocycles. The molecule has 0 aliphatic carbocycles. The van der Waals surface area contributed by atoms with Gasteiger partial charge >= 0.3 is 0 Å². The van der Waals surface area contributed by atoms with E-state index >= 15 is 0 Å². The average molecular weight is 400 g/mol. The van der Waals surface area contributed by atoms with E-state index in [1.165, 1.54) is 21.3 Å². The van der Waals surface area contributed by atoms with Crippen LogP contribution in [0.15, 0.2) is 28.1 Å². The highest BCUT2D eigenvalue weighted by Crippen LogP contribution is 2.38. The van der Waals surface area contributed by atoms with Crippen molar-refractivity contribution in [2.24, 2.45) is 0 Å². The predicted molar refractivity (Wildman–Crippen MR) is 93.9 cm³/mol. The van der Waals surface area contributed by atoms with Crippen molar-refractivity contribution >= 4 is 33.2 Å². The van der Waals surface area contributed by atoms with Crippen molar-refractivity contribution in [3.63, 3.8) is 0 Å². The third kappa shape index (κ3) is 3.97. The SMILES string of the molecule is COc1cc(C(=O)N(C)Cc2cc(Br)cs2)cc(OC)c1OC. The lowest BCUT2D eigenvalue weighted by molar-refractivity contribution is 0.0785. The predicted octanol–water partition coefficient (Wildman–Crippen LogP) is 3.81. The molecule has 0 N–H and O–H groups in total. The summed E-state index contributed by atoms with van der Waals surface area (Å²) in [5.74, 6) is 1.27. The lowest BCUT2D eigenvalue weighted by Crippen LogP contribution is -2.25. The minimum absolute atomic E-state index is 0.117. The van der Waals surface area contributed by atoms with Crippen LogP contribution in [0.1, 0.15) is 15.2 Å². The molecule has 0 unspecified atom stereocenters. The van der Waals surface area contributed by atoms with Crippen molar-refractivity contribution in [2.75, 3.05) is 28.4 Å². The first-order chi connectivity index (χ1) is 11.0. The van der Waals surface area contributed by atoms with Crippen LogP contribution in [0.4, 0.5) is 0 Å². The van der Waals surface area contributed by atoms with Gasteiger partial charge in [-0.1, -0.05) is 0 Å². The van der Waals surface area contributed by atoms with Gasteiger partial charge in [0.05, 0.1) is 27.9 Å². The maximum absolute atomic E-state index is 12.7. The zero-order chi connectivity index (χ0) is 17.0. The van der Waals surface area contributed by atoms with Gasteiger partial charge in [-0.25, -0.2) is 0 Å². The molecule has 0 saturated carbocycles. The van der Waals surface area contributed by atoms with Gasteiger partial charge in [-0.15, -0.1) is 11.3 Å². The fourth-order valence-electron chi connectivity index (χ4n) is 2.17. The molecule has 0 fully saturated rings. The van der Waals surface area contributed by atoms with Crippen molar-refractivity contribution < 1.29 is 19.0 Å². The Labute approximate surface area is 147 Å². The molecule has 2 aromatic rings. The Morgan fingerprint density at radius 1 is 1.13 bits per heavy atom. The summed E-state index contributed by atoms with van der Waals surface area (Å²) in [5, 5.41) is 1.99. The van der Waals surface area contributed by atoms with Gasteiger partial charge < -0.3 is 19.1 Å². The number of benzene rings is 1. The number of hydrogen-bond acceptors (Lipinski definition) is 5. The quantitative estimate of drug-likeness (QED) is 0.740. The van der Waals surface area contributed by atoms with Crippen LogP contribution >= 0.6 is 27.3 Å². The maximum Gasteiger partial charge on any atom is 0.254 e. The van der Waals surface area contributed by atoms with E-state index in [0.29, 0.717) is 29.4 Å². The summed E-state index contributed by atoms with van der Waals surface area (Å²) in [6.07, 6.45) is 0. The second-order valence-electron chi connectivity index (χ2n) is 4.81. The van der Waals surface area contributed by atoms with Gasteiger partial charge in [0, 0.05) is 27.3 Å². The summed E-state index contributed by atoms with van der Waals surface area (Å²) in [5.41, 5.74) is 0.484. The molecule has 1 amide bonds. The van der Waals surface area contributed by atoms with Gasteiger partial charge in [0.25, 0.3) is 5.91 Å². The third-order valence-corrected chi connectivity index (χ3v) is 4.96. The van der Waals surface area contributed by atoms with Crippen molar-refractivity contribution in [1.29, 1.82) is 0 Å². The van der Waals surface area contributed by atoms with Crippen molar-refractivity contribution in [2.45, 2.75) is 6.54 Å². The van der Waals surface area contributed by atoms with Crippen molar-refractivity contribution in [3.05, 3.63) is 38.5 Å². The van der Waals surface area contributed by atoms with Crippen LogP contribution in [0.2, 0.25) is 0 Å². The number of ether oxygens (including phenoxy) is 3. The molecule has 0 radical (unpaired) electrons. The summed E-state index contributed by atoms with van der Waals surface area (Å²) in [6.45, 7) is 0.533. The fourth-order valence-corrected chi connectivity index (χ4v) is 3.67. The number of carbonyl (C=O) groups excluding carboxylic acids is 1. The Kier molecular flexibility index (Phi) is 5.90. The highest BCUT2D eigenvalue weighted by Gasteiger charge is 2.19. The molecule has 1 aromatic carbocycles. The minimum atomic E-state index is -0.117. The average Bonchev–Trinajstić information content (AvgIpc) is 2.97. The number of halogens is 1. The van der Waals surface area contributed by atoms with E-state index in [4.69, 9.17) is 14.2 Å². The maximum atomic E-state index is 12.7. The Morgan fingerprint density at radius 3 is 2.17 bits per heavy atom. The number of rotatable bonds is 6. The van der Waals surface area contributed by atoms with Crippen LogP contribution in [0.3, 0.4) is 0 Å². The summed E-state index contributed by atoms with van der Waals surface area (Å²) >= 11 is 5.02. The van der Waals surface area contributed by atoms with Gasteiger partial charge in [-0.05, 0) is 34.1 Å². The molecule has 124 valence electrons. The summed E-state index contributed by atoms with van der Waals surface area (Å²) in [4.78, 5) is 15.4. The molecule has 23 heavy (non-hydrogen) atoms. The molecule has 1 aromatic heterocycles. The molecular weight excluding hydrogens is 382 g/mol. The van der Waals surface area contributed by atoms with E-state index in [9.17, 15) is 4.79 Å². The molecule has 5 nitrogen and oxygen atoms in total. The topological polar surface area (TPSA) is 48.0 Å². The molecule has 0 bridgehead atoms. The fraction of sp³-hybridized carbons (Fsp3) is 0.312. The van der Waals surface area contributed by atoms with E-state index in [2.05, 4.69) is 15.9 Å². The molecule has 0 saturated heterocycles. The largest absolute Gasteiger partial charge is 0.493 e. The summed E-state index contributed by atoms with van der Waals surface area (Å²) in [6, 6.07) is 5.32. The van der Waals surface area contributed by atoms with Gasteiger partial charge in [-0.3, -0.25) is 4.79 Å². The number of hydrogen-bond donors (Lipinski definition) is 0. The monoisotopic (exact) mass is 399 g/mol. The molecular formula is C16H18BrNO4S. The van der Waals surface area contributed by atoms with E-state index in [0.717, 1.165) is 9.35 Å². The number of carbonyl (C=O) groups is 1. The Hall–Kier alpha value is -1.73. The lowest BCUT2D eigenvalue weighted by atomic mass is 10.1. The molecule has 0 aliphatic rings. The highest BCUT2D eigenvalue weighted by atomic mass is 79.9. The molecule has 0 spiro atoms. The summed E-state index contributed by atoms with van der Waals surface area (Å²) in [7, 11) is 6.35. The smallest absolute Gasteiger partial charge is 0.254 e. The van der Waals surface area contributed by atoms with Gasteiger partial charge in [0.1, 0.15) is 0 Å². The Bertz CT molecular complexity index is 676. The van der Waals surface area contributed by atoms with Crippen LogP contribution < -0.4 is 14.2 Å². The van der Waals surface area contributed by atoms with Gasteiger partial charge in [0.2, 0.25) is 5.75 Å². The summed E-state index contributed by atoms with van der Waals surface area (Å²) < 4.78 is 16.9. The highest BCUT2D eigenvalue weighted by molar-refractivity contribution is 9.10. The number of thiophene rings is 1. The van der Waals surface area contributed by atoms with Crippen molar-refractivity contribution in [1.82, 2.24) is 4.90 Å². The standard InChI is InChI=1S/C16H18BrNO4S/c1-18(8-12-7-11(17)9-23-12)16(19)10-5-13(20-2)15(22-4)14(6-10)21-3/h5-7,9H,8H2,1-4H3. The second kappa shape index (κ2) is 7.70. The number of amides is 1. The van der Waals surface area contributed by atoms with E-state index in [1.54, 1.807) is 35.4 Å². The van der Waals surface area contributed by atoms with Crippen LogP contribution in [-0.4, -0.2) is 39.2 Å². The normalized spacial score (nSPS) is 10.3. The van der Waals surface area contributed by atoms with E-state index < -0.39 is 0 Å².